The Balaban J connectivity index is 2.29. The molecule has 1 aliphatic heterocycles. The number of hydrogen-bond acceptors (Lipinski definition) is 3. The molecule has 4 heteroatoms. The normalized spacial score (nSPS) is 17.4. The molecule has 1 fully saturated rings. The number of phenols is 1. The molecule has 4 nitrogen and oxygen atoms in total. The molecule has 0 spiro atoms. The third kappa shape index (κ3) is 3.38. The lowest BCUT2D eigenvalue weighted by Gasteiger charge is -2.40. The molecule has 1 heterocycles. The number of carbonyl (C=O) groups is 1. The number of piperidine rings is 1. The summed E-state index contributed by atoms with van der Waals surface area (Å²) in [6.07, 6.45) is 3.75. The van der Waals surface area contributed by atoms with Crippen molar-refractivity contribution in [2.24, 2.45) is 5.41 Å². The first-order valence-corrected chi connectivity index (χ1v) is 7.94. The zero-order valence-corrected chi connectivity index (χ0v) is 13.1. The van der Waals surface area contributed by atoms with Crippen LogP contribution in [0.4, 0.5) is 5.69 Å². The number of aromatic hydroxyl groups is 1. The summed E-state index contributed by atoms with van der Waals surface area (Å²) in [4.78, 5) is 15.0. The van der Waals surface area contributed by atoms with Crippen molar-refractivity contribution in [2.45, 2.75) is 39.5 Å². The zero-order chi connectivity index (χ0) is 15.3. The second-order valence-corrected chi connectivity index (χ2v) is 5.85. The van der Waals surface area contributed by atoms with Gasteiger partial charge >= 0.3 is 0 Å². The largest absolute Gasteiger partial charge is 0.508 e. The number of amides is 1. The van der Waals surface area contributed by atoms with E-state index >= 15 is 0 Å². The number of carbonyl (C=O) groups excluding carboxylic acids is 1. The Bertz CT molecular complexity index is 476. The van der Waals surface area contributed by atoms with Crippen LogP contribution in [0.2, 0.25) is 0 Å². The molecule has 21 heavy (non-hydrogen) atoms. The summed E-state index contributed by atoms with van der Waals surface area (Å²) in [7, 11) is 0. The summed E-state index contributed by atoms with van der Waals surface area (Å²) in [5.41, 5.74) is 0.540. The molecular weight excluding hydrogens is 264 g/mol. The maximum atomic E-state index is 13.2. The van der Waals surface area contributed by atoms with Gasteiger partial charge in [-0.2, -0.15) is 0 Å². The van der Waals surface area contributed by atoms with Crippen LogP contribution in [0.3, 0.4) is 0 Å². The van der Waals surface area contributed by atoms with Crippen LogP contribution in [0, 0.1) is 5.41 Å². The first-order valence-electron chi connectivity index (χ1n) is 7.94. The molecule has 1 aromatic rings. The lowest BCUT2D eigenvalue weighted by molar-refractivity contribution is -0.130. The van der Waals surface area contributed by atoms with E-state index in [4.69, 9.17) is 0 Å². The SMILES string of the molecule is CCCC1(C(=O)N(CC)c2cccc(O)c2)CCNCC1. The second kappa shape index (κ2) is 6.94. The van der Waals surface area contributed by atoms with Crippen LogP contribution >= 0.6 is 0 Å². The number of hydrogen-bond donors (Lipinski definition) is 2. The fraction of sp³-hybridized carbons (Fsp3) is 0.588. The van der Waals surface area contributed by atoms with E-state index in [0.29, 0.717) is 6.54 Å². The van der Waals surface area contributed by atoms with Crippen LogP contribution in [-0.2, 0) is 4.79 Å². The topological polar surface area (TPSA) is 52.6 Å². The van der Waals surface area contributed by atoms with E-state index in [1.165, 1.54) is 0 Å². The predicted molar refractivity (Wildman–Crippen MR) is 85.6 cm³/mol. The van der Waals surface area contributed by atoms with Gasteiger partial charge in [-0.25, -0.2) is 0 Å². The van der Waals surface area contributed by atoms with Gasteiger partial charge in [0.05, 0.1) is 5.41 Å². The molecule has 0 aliphatic carbocycles. The molecule has 0 atom stereocenters. The van der Waals surface area contributed by atoms with Gasteiger partial charge in [0.15, 0.2) is 0 Å². The first kappa shape index (κ1) is 15.8. The lowest BCUT2D eigenvalue weighted by atomic mass is 9.74. The Hall–Kier alpha value is -1.55. The minimum Gasteiger partial charge on any atom is -0.508 e. The van der Waals surface area contributed by atoms with E-state index in [2.05, 4.69) is 12.2 Å². The molecule has 1 saturated heterocycles. The standard InChI is InChI=1S/C17H26N2O2/c1-3-8-17(9-11-18-12-10-17)16(21)19(4-2)14-6-5-7-15(20)13-14/h5-7,13,18,20H,3-4,8-12H2,1-2H3. The van der Waals surface area contributed by atoms with Gasteiger partial charge < -0.3 is 15.3 Å². The van der Waals surface area contributed by atoms with E-state index in [9.17, 15) is 9.90 Å². The molecule has 0 radical (unpaired) electrons. The van der Waals surface area contributed by atoms with Crippen LogP contribution in [0.25, 0.3) is 0 Å². The van der Waals surface area contributed by atoms with Crippen molar-refractivity contribution in [1.29, 1.82) is 0 Å². The van der Waals surface area contributed by atoms with Crippen molar-refractivity contribution in [2.75, 3.05) is 24.5 Å². The maximum Gasteiger partial charge on any atom is 0.233 e. The van der Waals surface area contributed by atoms with E-state index in [1.807, 2.05) is 17.9 Å². The highest BCUT2D eigenvalue weighted by atomic mass is 16.3. The summed E-state index contributed by atoms with van der Waals surface area (Å²) in [5, 5.41) is 13.0. The van der Waals surface area contributed by atoms with Crippen molar-refractivity contribution >= 4 is 11.6 Å². The van der Waals surface area contributed by atoms with E-state index in [1.54, 1.807) is 18.2 Å². The minimum atomic E-state index is -0.249. The van der Waals surface area contributed by atoms with E-state index in [-0.39, 0.29) is 17.1 Å². The Morgan fingerprint density at radius 1 is 1.33 bits per heavy atom. The summed E-state index contributed by atoms with van der Waals surface area (Å²) in [6.45, 7) is 6.57. The highest BCUT2D eigenvalue weighted by Gasteiger charge is 2.41. The van der Waals surface area contributed by atoms with Crippen LogP contribution in [0.15, 0.2) is 24.3 Å². The van der Waals surface area contributed by atoms with Gasteiger partial charge in [0, 0.05) is 18.3 Å². The molecule has 0 unspecified atom stereocenters. The van der Waals surface area contributed by atoms with Gasteiger partial charge in [0.1, 0.15) is 5.75 Å². The average Bonchev–Trinajstić information content (AvgIpc) is 2.49. The molecule has 1 amide bonds. The summed E-state index contributed by atoms with van der Waals surface area (Å²) >= 11 is 0. The Kier molecular flexibility index (Phi) is 5.23. The summed E-state index contributed by atoms with van der Waals surface area (Å²) in [6, 6.07) is 6.98. The maximum absolute atomic E-state index is 13.2. The third-order valence-electron chi connectivity index (χ3n) is 4.45. The minimum absolute atomic E-state index is 0.202. The van der Waals surface area contributed by atoms with Crippen molar-refractivity contribution < 1.29 is 9.90 Å². The smallest absolute Gasteiger partial charge is 0.233 e. The quantitative estimate of drug-likeness (QED) is 0.876. The second-order valence-electron chi connectivity index (χ2n) is 5.85. The van der Waals surface area contributed by atoms with Crippen LogP contribution in [0.5, 0.6) is 5.75 Å². The number of benzene rings is 1. The van der Waals surface area contributed by atoms with Gasteiger partial charge in [0.25, 0.3) is 0 Å². The number of nitrogens with zero attached hydrogens (tertiary/aromatic N) is 1. The third-order valence-corrected chi connectivity index (χ3v) is 4.45. The summed E-state index contributed by atoms with van der Waals surface area (Å²) < 4.78 is 0. The van der Waals surface area contributed by atoms with Crippen molar-refractivity contribution in [1.82, 2.24) is 5.32 Å². The van der Waals surface area contributed by atoms with Gasteiger partial charge in [-0.15, -0.1) is 0 Å². The molecule has 1 aromatic carbocycles. The molecule has 2 N–H and O–H groups in total. The van der Waals surface area contributed by atoms with E-state index < -0.39 is 0 Å². The Labute approximate surface area is 127 Å². The highest BCUT2D eigenvalue weighted by Crippen LogP contribution is 2.37. The molecule has 0 bridgehead atoms. The molecule has 0 saturated carbocycles. The lowest BCUT2D eigenvalue weighted by Crippen LogP contribution is -2.49. The number of nitrogens with one attached hydrogen (secondary N) is 1. The monoisotopic (exact) mass is 290 g/mol. The summed E-state index contributed by atoms with van der Waals surface area (Å²) in [5.74, 6) is 0.410. The van der Waals surface area contributed by atoms with E-state index in [0.717, 1.165) is 44.5 Å². The Morgan fingerprint density at radius 3 is 2.62 bits per heavy atom. The molecule has 0 aromatic heterocycles. The molecule has 1 aliphatic rings. The van der Waals surface area contributed by atoms with Crippen LogP contribution in [-0.4, -0.2) is 30.6 Å². The van der Waals surface area contributed by atoms with Gasteiger partial charge in [-0.1, -0.05) is 19.4 Å². The average molecular weight is 290 g/mol. The van der Waals surface area contributed by atoms with Gasteiger partial charge in [0.2, 0.25) is 5.91 Å². The number of rotatable bonds is 5. The van der Waals surface area contributed by atoms with Gasteiger partial charge in [-0.3, -0.25) is 4.79 Å². The predicted octanol–water partition coefficient (Wildman–Crippen LogP) is 2.92. The van der Waals surface area contributed by atoms with Crippen molar-refractivity contribution in [3.63, 3.8) is 0 Å². The first-order chi connectivity index (χ1) is 10.1. The number of anilines is 1. The van der Waals surface area contributed by atoms with Gasteiger partial charge in [-0.05, 0) is 51.4 Å². The Morgan fingerprint density at radius 2 is 2.05 bits per heavy atom. The van der Waals surface area contributed by atoms with Crippen LogP contribution in [0.1, 0.15) is 39.5 Å². The fourth-order valence-electron chi connectivity index (χ4n) is 3.35. The molecular formula is C17H26N2O2. The number of phenolic OH excluding ortho intramolecular Hbond substituents is 1. The van der Waals surface area contributed by atoms with Crippen molar-refractivity contribution in [3.05, 3.63) is 24.3 Å². The van der Waals surface area contributed by atoms with Crippen molar-refractivity contribution in [3.8, 4) is 5.75 Å². The highest BCUT2D eigenvalue weighted by molar-refractivity contribution is 5.97. The molecule has 2 rings (SSSR count). The fourth-order valence-corrected chi connectivity index (χ4v) is 3.35. The molecule has 116 valence electrons. The zero-order valence-electron chi connectivity index (χ0n) is 13.1. The van der Waals surface area contributed by atoms with Crippen LogP contribution < -0.4 is 10.2 Å².